The third-order valence-electron chi connectivity index (χ3n) is 7.95. The number of rotatable bonds is 11. The van der Waals surface area contributed by atoms with Crippen molar-refractivity contribution in [3.05, 3.63) is 89.4 Å². The molecule has 59 heavy (non-hydrogen) atoms. The van der Waals surface area contributed by atoms with Crippen LogP contribution in [0.4, 0.5) is 52.2 Å². The van der Waals surface area contributed by atoms with Crippen molar-refractivity contribution in [2.75, 3.05) is 21.7 Å². The smallest absolute Gasteiger partial charge is 0.297 e. The molecule has 0 unspecified atom stereocenters. The number of hydrogen-bond acceptors (Lipinski definition) is 19. The molecular weight excluding hydrogens is 880 g/mol. The first kappa shape index (κ1) is 40.7. The molecule has 9 N–H and O–H groups in total. The highest BCUT2D eigenvalue weighted by Gasteiger charge is 2.24. The van der Waals surface area contributed by atoms with Crippen LogP contribution >= 0.6 is 23.2 Å². The SMILES string of the molecule is Nc1nc(Cl)nc(Nc2cccc(Nc3nc(Cl)nc(Nc4cc(S(=O)(=O)O)cc5ccc(N=Nc6ccc7c(S(=O)(=O)O)cccc7c6S(=O)(=O)O)c(O)c45)n3)c2)n1. The summed E-state index contributed by atoms with van der Waals surface area (Å²) in [6.07, 6.45) is 0. The molecule has 7 rings (SSSR count). The standard InChI is InChI=1S/C32H22Cl2N12O10S3/c33-27-39-29(35)43-30(40-27)36-15-3-1-4-16(12-15)37-31-41-28(34)42-32(44-31)38-22-13-17(57(48,49)50)11-14-7-9-20(25(47)24(14)22)45-46-21-10-8-18-19(26(21)59(54,55)56)5-2-6-23(18)58(51,52)53/h1-13,47H,(H,48,49,50)(H,51,52,53)(H,54,55,56)(H3,35,36,39,40,43)(H2,37,38,41,42,44). The molecule has 5 aromatic carbocycles. The second-order valence-electron chi connectivity index (χ2n) is 11.9. The van der Waals surface area contributed by atoms with Gasteiger partial charge >= 0.3 is 0 Å². The lowest BCUT2D eigenvalue weighted by atomic mass is 10.1. The van der Waals surface area contributed by atoms with E-state index in [1.54, 1.807) is 24.3 Å². The van der Waals surface area contributed by atoms with Crippen molar-refractivity contribution in [1.29, 1.82) is 0 Å². The van der Waals surface area contributed by atoms with E-state index >= 15 is 0 Å². The number of fused-ring (bicyclic) bond motifs is 2. The number of anilines is 7. The summed E-state index contributed by atoms with van der Waals surface area (Å²) in [5.41, 5.74) is 5.52. The molecule has 0 aliphatic heterocycles. The molecule has 2 aromatic heterocycles. The summed E-state index contributed by atoms with van der Waals surface area (Å²) in [5.74, 6) is -1.09. The quantitative estimate of drug-likeness (QED) is 0.0518. The third-order valence-corrected chi connectivity index (χ3v) is 11.0. The molecule has 0 aliphatic carbocycles. The summed E-state index contributed by atoms with van der Waals surface area (Å²) in [6, 6.07) is 16.5. The Bertz CT molecular complexity index is 3230. The number of aromatic nitrogens is 6. The van der Waals surface area contributed by atoms with Gasteiger partial charge in [-0.2, -0.15) is 55.2 Å². The van der Waals surface area contributed by atoms with Crippen LogP contribution < -0.4 is 21.7 Å². The van der Waals surface area contributed by atoms with Crippen LogP contribution in [0, 0.1) is 0 Å². The number of azo groups is 1. The van der Waals surface area contributed by atoms with E-state index in [1.165, 1.54) is 18.2 Å². The average Bonchev–Trinajstić information content (AvgIpc) is 3.12. The minimum absolute atomic E-state index is 0.0326. The van der Waals surface area contributed by atoms with E-state index in [0.717, 1.165) is 36.4 Å². The van der Waals surface area contributed by atoms with Crippen molar-refractivity contribution in [2.45, 2.75) is 14.7 Å². The van der Waals surface area contributed by atoms with Gasteiger partial charge in [-0.3, -0.25) is 13.7 Å². The Labute approximate surface area is 341 Å². The van der Waals surface area contributed by atoms with Crippen molar-refractivity contribution >= 4 is 127 Å². The van der Waals surface area contributed by atoms with Crippen molar-refractivity contribution in [3.8, 4) is 5.75 Å². The second kappa shape index (κ2) is 15.4. The third kappa shape index (κ3) is 9.01. The van der Waals surface area contributed by atoms with Crippen LogP contribution in [0.15, 0.2) is 104 Å². The first-order chi connectivity index (χ1) is 27.7. The molecule has 0 atom stereocenters. The minimum atomic E-state index is -5.11. The van der Waals surface area contributed by atoms with Gasteiger partial charge < -0.3 is 26.8 Å². The molecule has 0 bridgehead atoms. The molecule has 0 fully saturated rings. The number of nitrogen functional groups attached to an aromatic ring is 1. The monoisotopic (exact) mass is 900 g/mol. The predicted octanol–water partition coefficient (Wildman–Crippen LogP) is 6.34. The van der Waals surface area contributed by atoms with Crippen molar-refractivity contribution in [1.82, 2.24) is 29.9 Å². The number of hydrogen-bond donors (Lipinski definition) is 8. The normalized spacial score (nSPS) is 12.3. The highest BCUT2D eigenvalue weighted by Crippen LogP contribution is 2.43. The molecule has 0 saturated carbocycles. The number of nitrogens with one attached hydrogen (secondary N) is 3. The lowest BCUT2D eigenvalue weighted by Gasteiger charge is -2.14. The second-order valence-corrected chi connectivity index (χ2v) is 16.7. The molecule has 2 heterocycles. The van der Waals surface area contributed by atoms with Gasteiger partial charge in [0.1, 0.15) is 21.2 Å². The summed E-state index contributed by atoms with van der Waals surface area (Å²) < 4.78 is 103. The Kier molecular flexibility index (Phi) is 10.6. The number of nitrogens with two attached hydrogens (primary N) is 1. The van der Waals surface area contributed by atoms with Gasteiger partial charge in [0.15, 0.2) is 5.75 Å². The maximum absolute atomic E-state index is 12.5. The molecule has 0 aliphatic rings. The topological polar surface area (TPSA) is 348 Å². The lowest BCUT2D eigenvalue weighted by molar-refractivity contribution is 0.480. The van der Waals surface area contributed by atoms with Crippen LogP contribution in [0.1, 0.15) is 0 Å². The lowest BCUT2D eigenvalue weighted by Crippen LogP contribution is -2.06. The van der Waals surface area contributed by atoms with Gasteiger partial charge in [-0.15, -0.1) is 10.2 Å². The molecule has 27 heteroatoms. The Hall–Kier alpha value is -6.45. The van der Waals surface area contributed by atoms with Gasteiger partial charge in [0.25, 0.3) is 30.4 Å². The number of nitrogens with zero attached hydrogens (tertiary/aromatic N) is 8. The van der Waals surface area contributed by atoms with E-state index in [9.17, 15) is 44.0 Å². The maximum atomic E-state index is 12.5. The molecule has 302 valence electrons. The first-order valence-electron chi connectivity index (χ1n) is 15.9. The number of benzene rings is 5. The van der Waals surface area contributed by atoms with Crippen LogP contribution in [0.5, 0.6) is 5.75 Å². The minimum Gasteiger partial charge on any atom is -0.505 e. The van der Waals surface area contributed by atoms with E-state index in [-0.39, 0.29) is 67.3 Å². The fourth-order valence-corrected chi connectivity index (χ4v) is 8.05. The molecule has 0 amide bonds. The van der Waals surface area contributed by atoms with Crippen LogP contribution in [0.25, 0.3) is 21.5 Å². The van der Waals surface area contributed by atoms with E-state index in [4.69, 9.17) is 28.9 Å². The molecule has 7 aromatic rings. The van der Waals surface area contributed by atoms with Crippen LogP contribution in [0.2, 0.25) is 10.6 Å². The molecule has 0 saturated heterocycles. The van der Waals surface area contributed by atoms with Gasteiger partial charge in [-0.1, -0.05) is 30.3 Å². The average molecular weight is 902 g/mol. The number of phenols is 1. The largest absolute Gasteiger partial charge is 0.505 e. The Morgan fingerprint density at radius 2 is 1.19 bits per heavy atom. The van der Waals surface area contributed by atoms with E-state index in [1.807, 2.05) is 0 Å². The highest BCUT2D eigenvalue weighted by molar-refractivity contribution is 7.86. The van der Waals surface area contributed by atoms with E-state index in [0.29, 0.717) is 11.4 Å². The predicted molar refractivity (Wildman–Crippen MR) is 214 cm³/mol. The summed E-state index contributed by atoms with van der Waals surface area (Å²) >= 11 is 12.1. The summed E-state index contributed by atoms with van der Waals surface area (Å²) in [6.45, 7) is 0. The number of aromatic hydroxyl groups is 1. The first-order valence-corrected chi connectivity index (χ1v) is 21.0. The van der Waals surface area contributed by atoms with Gasteiger partial charge in [-0.25, -0.2) is 0 Å². The molecule has 22 nitrogen and oxygen atoms in total. The summed E-state index contributed by atoms with van der Waals surface area (Å²) in [5, 5.41) is 26.8. The van der Waals surface area contributed by atoms with E-state index < -0.39 is 56.5 Å². The summed E-state index contributed by atoms with van der Waals surface area (Å²) in [4.78, 5) is 21.9. The Balaban J connectivity index is 1.26. The van der Waals surface area contributed by atoms with Gasteiger partial charge in [0, 0.05) is 27.5 Å². The number of halogens is 2. The Morgan fingerprint density at radius 3 is 1.81 bits per heavy atom. The zero-order valence-corrected chi connectivity index (χ0v) is 32.8. The van der Waals surface area contributed by atoms with Crippen molar-refractivity contribution in [2.24, 2.45) is 10.2 Å². The Morgan fingerprint density at radius 1 is 0.593 bits per heavy atom. The van der Waals surface area contributed by atoms with Crippen LogP contribution in [-0.4, -0.2) is 73.9 Å². The molecule has 0 radical (unpaired) electrons. The zero-order chi connectivity index (χ0) is 42.4. The van der Waals surface area contributed by atoms with Gasteiger partial charge in [0.05, 0.1) is 10.6 Å². The van der Waals surface area contributed by atoms with Crippen LogP contribution in [-0.2, 0) is 30.4 Å². The van der Waals surface area contributed by atoms with Crippen molar-refractivity contribution < 1.29 is 44.0 Å². The van der Waals surface area contributed by atoms with E-state index in [2.05, 4.69) is 56.1 Å². The van der Waals surface area contributed by atoms with Crippen molar-refractivity contribution in [3.63, 3.8) is 0 Å². The molecular formula is C32H22Cl2N12O10S3. The fraction of sp³-hybridized carbons (Fsp3) is 0. The molecule has 0 spiro atoms. The highest BCUT2D eigenvalue weighted by atomic mass is 35.5. The fourth-order valence-electron chi connectivity index (χ4n) is 5.65. The number of phenolic OH excluding ortho intramolecular Hbond substituents is 1. The van der Waals surface area contributed by atoms with Gasteiger partial charge in [-0.05, 0) is 77.1 Å². The maximum Gasteiger partial charge on any atom is 0.297 e. The van der Waals surface area contributed by atoms with Gasteiger partial charge in [0.2, 0.25) is 34.4 Å². The summed E-state index contributed by atoms with van der Waals surface area (Å²) in [7, 11) is -14.8. The van der Waals surface area contributed by atoms with Crippen LogP contribution in [0.3, 0.4) is 0 Å². The zero-order valence-electron chi connectivity index (χ0n) is 28.9.